The molecule has 1 saturated carbocycles. The number of carboxylic acids is 1. The first-order valence-electron chi connectivity index (χ1n) is 6.80. The minimum absolute atomic E-state index is 0.0228. The second-order valence-corrected chi connectivity index (χ2v) is 5.88. The summed E-state index contributed by atoms with van der Waals surface area (Å²) in [7, 11) is 0. The number of rotatable bonds is 7. The highest BCUT2D eigenvalue weighted by Crippen LogP contribution is 2.18. The Morgan fingerprint density at radius 2 is 1.90 bits per heavy atom. The predicted molar refractivity (Wildman–Crippen MR) is 73.2 cm³/mol. The van der Waals surface area contributed by atoms with Crippen molar-refractivity contribution in [1.29, 1.82) is 0 Å². The van der Waals surface area contributed by atoms with E-state index in [0.29, 0.717) is 6.42 Å². The first-order chi connectivity index (χ1) is 9.19. The van der Waals surface area contributed by atoms with Crippen LogP contribution in [0.25, 0.3) is 0 Å². The second kappa shape index (κ2) is 6.58. The van der Waals surface area contributed by atoms with Gasteiger partial charge in [-0.05, 0) is 40.0 Å². The van der Waals surface area contributed by atoms with E-state index in [-0.39, 0.29) is 18.4 Å². The maximum atomic E-state index is 11.8. The lowest BCUT2D eigenvalue weighted by Gasteiger charge is -2.26. The summed E-state index contributed by atoms with van der Waals surface area (Å²) < 4.78 is 0. The van der Waals surface area contributed by atoms with Crippen LogP contribution in [0.4, 0.5) is 4.79 Å². The molecule has 0 saturated heterocycles. The molecule has 0 radical (unpaired) electrons. The zero-order chi connectivity index (χ0) is 15.3. The molecule has 1 fully saturated rings. The van der Waals surface area contributed by atoms with E-state index in [4.69, 9.17) is 5.11 Å². The van der Waals surface area contributed by atoms with Crippen LogP contribution in [0.5, 0.6) is 0 Å². The molecule has 7 heteroatoms. The average molecular weight is 285 g/mol. The molecule has 1 aliphatic rings. The first-order valence-corrected chi connectivity index (χ1v) is 6.80. The van der Waals surface area contributed by atoms with Gasteiger partial charge in [-0.25, -0.2) is 4.79 Å². The average Bonchev–Trinajstić information content (AvgIpc) is 3.09. The van der Waals surface area contributed by atoms with Crippen LogP contribution in [0.15, 0.2) is 0 Å². The molecule has 3 amide bonds. The smallest absolute Gasteiger partial charge is 0.315 e. The molecule has 0 aromatic heterocycles. The van der Waals surface area contributed by atoms with E-state index in [2.05, 4.69) is 16.0 Å². The van der Waals surface area contributed by atoms with E-state index in [0.717, 1.165) is 12.8 Å². The van der Waals surface area contributed by atoms with Gasteiger partial charge in [0, 0.05) is 18.0 Å². The van der Waals surface area contributed by atoms with E-state index in [1.54, 1.807) is 20.8 Å². The summed E-state index contributed by atoms with van der Waals surface area (Å²) in [4.78, 5) is 34.0. The zero-order valence-electron chi connectivity index (χ0n) is 12.2. The molecule has 4 N–H and O–H groups in total. The number of nitrogens with one attached hydrogen (secondary N) is 3. The third kappa shape index (κ3) is 6.40. The van der Waals surface area contributed by atoms with Crippen molar-refractivity contribution in [3.05, 3.63) is 0 Å². The minimum Gasteiger partial charge on any atom is -0.481 e. The van der Waals surface area contributed by atoms with Crippen molar-refractivity contribution in [2.45, 2.75) is 64.1 Å². The lowest BCUT2D eigenvalue weighted by Crippen LogP contribution is -2.54. The minimum atomic E-state index is -0.905. The Hall–Kier alpha value is -1.79. The van der Waals surface area contributed by atoms with Gasteiger partial charge >= 0.3 is 12.0 Å². The highest BCUT2D eigenvalue weighted by molar-refractivity contribution is 5.87. The number of carbonyl (C=O) groups excluding carboxylic acids is 2. The van der Waals surface area contributed by atoms with Crippen molar-refractivity contribution in [2.75, 3.05) is 0 Å². The summed E-state index contributed by atoms with van der Waals surface area (Å²) >= 11 is 0. The van der Waals surface area contributed by atoms with Gasteiger partial charge in [-0.2, -0.15) is 0 Å². The quantitative estimate of drug-likeness (QED) is 0.549. The molecule has 7 nitrogen and oxygen atoms in total. The number of urea groups is 1. The van der Waals surface area contributed by atoms with Crippen LogP contribution < -0.4 is 16.0 Å². The molecular weight excluding hydrogens is 262 g/mol. The Balaban J connectivity index is 2.33. The number of amides is 3. The zero-order valence-corrected chi connectivity index (χ0v) is 12.2. The van der Waals surface area contributed by atoms with Crippen LogP contribution in [-0.2, 0) is 9.59 Å². The Morgan fingerprint density at radius 3 is 2.40 bits per heavy atom. The van der Waals surface area contributed by atoms with Gasteiger partial charge in [0.2, 0.25) is 5.91 Å². The fourth-order valence-corrected chi connectivity index (χ4v) is 1.64. The first kappa shape index (κ1) is 16.3. The van der Waals surface area contributed by atoms with Crippen molar-refractivity contribution < 1.29 is 19.5 Å². The molecule has 1 rings (SSSR count). The largest absolute Gasteiger partial charge is 0.481 e. The monoisotopic (exact) mass is 285 g/mol. The third-order valence-corrected chi connectivity index (χ3v) is 3.08. The van der Waals surface area contributed by atoms with Gasteiger partial charge in [0.05, 0.1) is 0 Å². The Labute approximate surface area is 118 Å². The van der Waals surface area contributed by atoms with Gasteiger partial charge in [0.25, 0.3) is 0 Å². The molecule has 0 aliphatic heterocycles. The van der Waals surface area contributed by atoms with Crippen LogP contribution in [-0.4, -0.2) is 40.6 Å². The van der Waals surface area contributed by atoms with Gasteiger partial charge < -0.3 is 21.1 Å². The number of hydrogen-bond donors (Lipinski definition) is 4. The molecule has 20 heavy (non-hydrogen) atoms. The Kier molecular flexibility index (Phi) is 5.35. The molecule has 0 spiro atoms. The van der Waals surface area contributed by atoms with E-state index in [1.807, 2.05) is 0 Å². The molecule has 0 aromatic carbocycles. The molecule has 1 atom stereocenters. The van der Waals surface area contributed by atoms with Crippen LogP contribution in [0.2, 0.25) is 0 Å². The SMILES string of the molecule is CC(NC(=O)NC(C)(C)CCC(=O)O)C(=O)NC1CC1. The number of hydrogen-bond acceptors (Lipinski definition) is 3. The van der Waals surface area contributed by atoms with Crippen molar-refractivity contribution in [2.24, 2.45) is 0 Å². The molecule has 1 aliphatic carbocycles. The van der Waals surface area contributed by atoms with Gasteiger partial charge in [-0.1, -0.05) is 0 Å². The highest BCUT2D eigenvalue weighted by atomic mass is 16.4. The maximum Gasteiger partial charge on any atom is 0.315 e. The van der Waals surface area contributed by atoms with Crippen molar-refractivity contribution in [3.8, 4) is 0 Å². The molecule has 0 heterocycles. The molecule has 0 bridgehead atoms. The van der Waals surface area contributed by atoms with Crippen LogP contribution in [0, 0.1) is 0 Å². The molecular formula is C13H23N3O4. The molecule has 1 unspecified atom stereocenters. The Bertz CT molecular complexity index is 391. The van der Waals surface area contributed by atoms with Crippen molar-refractivity contribution >= 4 is 17.9 Å². The number of aliphatic carboxylic acids is 1. The lowest BCUT2D eigenvalue weighted by molar-refractivity contribution is -0.137. The molecule has 0 aromatic rings. The van der Waals surface area contributed by atoms with Gasteiger partial charge in [-0.15, -0.1) is 0 Å². The predicted octanol–water partition coefficient (Wildman–Crippen LogP) is 0.596. The maximum absolute atomic E-state index is 11.8. The van der Waals surface area contributed by atoms with E-state index < -0.39 is 23.6 Å². The second-order valence-electron chi connectivity index (χ2n) is 5.88. The van der Waals surface area contributed by atoms with Crippen molar-refractivity contribution in [1.82, 2.24) is 16.0 Å². The Morgan fingerprint density at radius 1 is 1.30 bits per heavy atom. The van der Waals surface area contributed by atoms with Crippen LogP contribution in [0.3, 0.4) is 0 Å². The van der Waals surface area contributed by atoms with Gasteiger partial charge in [-0.3, -0.25) is 9.59 Å². The molecule has 114 valence electrons. The summed E-state index contributed by atoms with van der Waals surface area (Å²) in [5.41, 5.74) is -0.644. The summed E-state index contributed by atoms with van der Waals surface area (Å²) in [6.07, 6.45) is 2.28. The number of carbonyl (C=O) groups is 3. The summed E-state index contributed by atoms with van der Waals surface area (Å²) in [6, 6.07) is -0.841. The summed E-state index contributed by atoms with van der Waals surface area (Å²) in [5, 5.41) is 16.7. The van der Waals surface area contributed by atoms with E-state index >= 15 is 0 Å². The fraction of sp³-hybridized carbons (Fsp3) is 0.769. The van der Waals surface area contributed by atoms with E-state index in [1.165, 1.54) is 0 Å². The van der Waals surface area contributed by atoms with Gasteiger partial charge in [0.15, 0.2) is 0 Å². The number of carboxylic acid groups (broad SMARTS) is 1. The normalized spacial score (nSPS) is 16.1. The van der Waals surface area contributed by atoms with Gasteiger partial charge in [0.1, 0.15) is 6.04 Å². The lowest BCUT2D eigenvalue weighted by atomic mass is 9.99. The van der Waals surface area contributed by atoms with Crippen LogP contribution >= 0.6 is 0 Å². The topological polar surface area (TPSA) is 108 Å². The van der Waals surface area contributed by atoms with Crippen LogP contribution in [0.1, 0.15) is 46.5 Å². The van der Waals surface area contributed by atoms with Crippen molar-refractivity contribution in [3.63, 3.8) is 0 Å². The summed E-state index contributed by atoms with van der Waals surface area (Å²) in [5.74, 6) is -1.11. The standard InChI is InChI=1S/C13H23N3O4/c1-8(11(19)15-9-4-5-9)14-12(20)16-13(2,3)7-6-10(17)18/h8-9H,4-7H2,1-3H3,(H,15,19)(H,17,18)(H2,14,16,20). The fourth-order valence-electron chi connectivity index (χ4n) is 1.64. The van der Waals surface area contributed by atoms with E-state index in [9.17, 15) is 14.4 Å². The third-order valence-electron chi connectivity index (χ3n) is 3.08. The summed E-state index contributed by atoms with van der Waals surface area (Å²) in [6.45, 7) is 5.09. The highest BCUT2D eigenvalue weighted by Gasteiger charge is 2.27.